The highest BCUT2D eigenvalue weighted by Gasteiger charge is 2.23. The van der Waals surface area contributed by atoms with Crippen molar-refractivity contribution in [1.82, 2.24) is 15.5 Å². The van der Waals surface area contributed by atoms with Crippen molar-refractivity contribution in [1.29, 1.82) is 0 Å². The van der Waals surface area contributed by atoms with Crippen LogP contribution in [0, 0.1) is 0 Å². The van der Waals surface area contributed by atoms with Crippen LogP contribution in [0.4, 0.5) is 4.79 Å². The van der Waals surface area contributed by atoms with Crippen molar-refractivity contribution in [2.75, 3.05) is 33.3 Å². The van der Waals surface area contributed by atoms with Crippen molar-refractivity contribution in [3.8, 4) is 0 Å². The Morgan fingerprint density at radius 3 is 2.70 bits per heavy atom. The molecule has 0 unspecified atom stereocenters. The zero-order chi connectivity index (χ0) is 19.6. The van der Waals surface area contributed by atoms with E-state index in [1.54, 1.807) is 18.0 Å². The third-order valence-electron chi connectivity index (χ3n) is 4.52. The topological polar surface area (TPSA) is 66.0 Å². The van der Waals surface area contributed by atoms with Gasteiger partial charge in [0.2, 0.25) is 0 Å². The Morgan fingerprint density at radius 2 is 2.07 bits per heavy atom. The molecule has 1 aromatic rings. The van der Waals surface area contributed by atoms with Crippen molar-refractivity contribution in [2.45, 2.75) is 38.6 Å². The molecule has 1 amide bonds. The van der Waals surface area contributed by atoms with Gasteiger partial charge >= 0.3 is 6.09 Å². The molecular formula is C19H28Cl2N4O2. The molecule has 1 aliphatic heterocycles. The minimum absolute atomic E-state index is 0.223. The second-order valence-electron chi connectivity index (χ2n) is 6.44. The lowest BCUT2D eigenvalue weighted by Gasteiger charge is -2.32. The van der Waals surface area contributed by atoms with E-state index in [0.717, 1.165) is 43.8 Å². The van der Waals surface area contributed by atoms with Gasteiger partial charge < -0.3 is 20.3 Å². The number of aliphatic imine (C=N–C) groups is 1. The number of hydrogen-bond acceptors (Lipinski definition) is 3. The summed E-state index contributed by atoms with van der Waals surface area (Å²) in [7, 11) is 1.76. The van der Waals surface area contributed by atoms with E-state index in [1.807, 2.05) is 19.1 Å². The molecule has 27 heavy (non-hydrogen) atoms. The maximum absolute atomic E-state index is 11.7. The van der Waals surface area contributed by atoms with E-state index in [1.165, 1.54) is 0 Å². The molecule has 0 aromatic heterocycles. The van der Waals surface area contributed by atoms with Gasteiger partial charge in [-0.1, -0.05) is 29.3 Å². The number of likely N-dealkylation sites (tertiary alicyclic amines) is 1. The van der Waals surface area contributed by atoms with Gasteiger partial charge in [0.25, 0.3) is 0 Å². The first-order chi connectivity index (χ1) is 13.0. The smallest absolute Gasteiger partial charge is 0.409 e. The molecule has 0 radical (unpaired) electrons. The van der Waals surface area contributed by atoms with E-state index in [-0.39, 0.29) is 6.09 Å². The number of halogens is 2. The number of ether oxygens (including phenoxy) is 1. The van der Waals surface area contributed by atoms with Crippen LogP contribution in [0.5, 0.6) is 0 Å². The van der Waals surface area contributed by atoms with Crippen molar-refractivity contribution < 1.29 is 9.53 Å². The second-order valence-corrected chi connectivity index (χ2v) is 7.29. The molecule has 0 atom stereocenters. The van der Waals surface area contributed by atoms with Gasteiger partial charge in [0.05, 0.1) is 6.61 Å². The van der Waals surface area contributed by atoms with E-state index in [0.29, 0.717) is 35.8 Å². The van der Waals surface area contributed by atoms with Crippen LogP contribution in [-0.2, 0) is 11.2 Å². The molecule has 0 aliphatic carbocycles. The molecule has 150 valence electrons. The van der Waals surface area contributed by atoms with Gasteiger partial charge in [-0.05, 0) is 50.3 Å². The summed E-state index contributed by atoms with van der Waals surface area (Å²) < 4.78 is 5.05. The van der Waals surface area contributed by atoms with Crippen LogP contribution in [0.15, 0.2) is 23.2 Å². The zero-order valence-electron chi connectivity index (χ0n) is 15.9. The maximum atomic E-state index is 11.7. The molecule has 0 saturated carbocycles. The fraction of sp³-hybridized carbons (Fsp3) is 0.579. The first kappa shape index (κ1) is 21.6. The van der Waals surface area contributed by atoms with Crippen LogP contribution in [0.2, 0.25) is 10.0 Å². The maximum Gasteiger partial charge on any atom is 0.409 e. The molecule has 1 saturated heterocycles. The Bertz CT molecular complexity index is 647. The van der Waals surface area contributed by atoms with Crippen molar-refractivity contribution in [2.24, 2.45) is 4.99 Å². The Hall–Kier alpha value is -1.66. The molecule has 1 aromatic carbocycles. The molecule has 2 N–H and O–H groups in total. The third-order valence-corrected chi connectivity index (χ3v) is 5.10. The number of amides is 1. The predicted octanol–water partition coefficient (Wildman–Crippen LogP) is 3.71. The Labute approximate surface area is 171 Å². The van der Waals surface area contributed by atoms with Crippen LogP contribution in [0.25, 0.3) is 0 Å². The first-order valence-electron chi connectivity index (χ1n) is 9.36. The van der Waals surface area contributed by atoms with Gasteiger partial charge in [0.15, 0.2) is 5.96 Å². The summed E-state index contributed by atoms with van der Waals surface area (Å²) in [4.78, 5) is 17.8. The Kier molecular flexibility index (Phi) is 9.01. The SMILES string of the molecule is CCOC(=O)N1CCC(NC(=NC)NCCCc2ccc(Cl)cc2Cl)CC1. The lowest BCUT2D eigenvalue weighted by molar-refractivity contribution is 0.0963. The highest BCUT2D eigenvalue weighted by molar-refractivity contribution is 6.35. The summed E-state index contributed by atoms with van der Waals surface area (Å²) in [6.45, 7) is 4.42. The van der Waals surface area contributed by atoms with E-state index >= 15 is 0 Å². The van der Waals surface area contributed by atoms with Gasteiger partial charge in [0.1, 0.15) is 0 Å². The standard InChI is InChI=1S/C19H28Cl2N4O2/c1-3-27-19(26)25-11-8-16(9-12-25)24-18(22-2)23-10-4-5-14-6-7-15(20)13-17(14)21/h6-7,13,16H,3-5,8-12H2,1-2H3,(H2,22,23,24). The second kappa shape index (κ2) is 11.2. The number of piperidine rings is 1. The number of carbonyl (C=O) groups is 1. The highest BCUT2D eigenvalue weighted by Crippen LogP contribution is 2.21. The van der Waals surface area contributed by atoms with Gasteiger partial charge in [-0.25, -0.2) is 4.79 Å². The number of aryl methyl sites for hydroxylation is 1. The fourth-order valence-electron chi connectivity index (χ4n) is 3.02. The van der Waals surface area contributed by atoms with E-state index < -0.39 is 0 Å². The normalized spacial score (nSPS) is 15.6. The number of carbonyl (C=O) groups excluding carboxylic acids is 1. The molecule has 1 heterocycles. The van der Waals surface area contributed by atoms with Crippen LogP contribution >= 0.6 is 23.2 Å². The molecule has 1 fully saturated rings. The van der Waals surface area contributed by atoms with Crippen LogP contribution in [-0.4, -0.2) is 56.3 Å². The third kappa shape index (κ3) is 7.11. The Balaban J connectivity index is 1.68. The quantitative estimate of drug-likeness (QED) is 0.422. The van der Waals surface area contributed by atoms with E-state index in [4.69, 9.17) is 27.9 Å². The number of nitrogens with one attached hydrogen (secondary N) is 2. The summed E-state index contributed by atoms with van der Waals surface area (Å²) in [6, 6.07) is 5.90. The molecular weight excluding hydrogens is 387 g/mol. The average Bonchev–Trinajstić information content (AvgIpc) is 2.66. The summed E-state index contributed by atoms with van der Waals surface area (Å²) in [6.07, 6.45) is 3.33. The van der Waals surface area contributed by atoms with Gasteiger partial charge in [0, 0.05) is 42.8 Å². The lowest BCUT2D eigenvalue weighted by Crippen LogP contribution is -2.50. The van der Waals surface area contributed by atoms with Crippen molar-refractivity contribution >= 4 is 35.3 Å². The van der Waals surface area contributed by atoms with Crippen molar-refractivity contribution in [3.63, 3.8) is 0 Å². The van der Waals surface area contributed by atoms with Gasteiger partial charge in [-0.3, -0.25) is 4.99 Å². The zero-order valence-corrected chi connectivity index (χ0v) is 17.4. The summed E-state index contributed by atoms with van der Waals surface area (Å²) in [5.41, 5.74) is 1.09. The molecule has 0 spiro atoms. The molecule has 6 nitrogen and oxygen atoms in total. The first-order valence-corrected chi connectivity index (χ1v) is 10.1. The fourth-order valence-corrected chi connectivity index (χ4v) is 3.52. The minimum atomic E-state index is -0.223. The monoisotopic (exact) mass is 414 g/mol. The highest BCUT2D eigenvalue weighted by atomic mass is 35.5. The lowest BCUT2D eigenvalue weighted by atomic mass is 10.1. The van der Waals surface area contributed by atoms with Crippen molar-refractivity contribution in [3.05, 3.63) is 33.8 Å². The number of nitrogens with zero attached hydrogens (tertiary/aromatic N) is 2. The number of rotatable bonds is 6. The number of hydrogen-bond donors (Lipinski definition) is 2. The van der Waals surface area contributed by atoms with Crippen LogP contribution in [0.3, 0.4) is 0 Å². The summed E-state index contributed by atoms with van der Waals surface area (Å²) >= 11 is 12.1. The average molecular weight is 415 g/mol. The summed E-state index contributed by atoms with van der Waals surface area (Å²) in [5.74, 6) is 0.784. The van der Waals surface area contributed by atoms with Gasteiger partial charge in [-0.2, -0.15) is 0 Å². The molecule has 0 bridgehead atoms. The number of guanidine groups is 1. The van der Waals surface area contributed by atoms with E-state index in [9.17, 15) is 4.79 Å². The van der Waals surface area contributed by atoms with Crippen LogP contribution < -0.4 is 10.6 Å². The van der Waals surface area contributed by atoms with Gasteiger partial charge in [-0.15, -0.1) is 0 Å². The molecule has 2 rings (SSSR count). The van der Waals surface area contributed by atoms with E-state index in [2.05, 4.69) is 15.6 Å². The number of benzene rings is 1. The molecule has 8 heteroatoms. The Morgan fingerprint density at radius 1 is 1.33 bits per heavy atom. The minimum Gasteiger partial charge on any atom is -0.450 e. The summed E-state index contributed by atoms with van der Waals surface area (Å²) in [5, 5.41) is 8.13. The predicted molar refractivity (Wildman–Crippen MR) is 111 cm³/mol. The largest absolute Gasteiger partial charge is 0.450 e. The molecule has 1 aliphatic rings. The van der Waals surface area contributed by atoms with Crippen LogP contribution in [0.1, 0.15) is 31.7 Å².